The highest BCUT2D eigenvalue weighted by Gasteiger charge is 2.24. The molecule has 3 nitrogen and oxygen atoms in total. The average Bonchev–Trinajstić information content (AvgIpc) is 2.42. The molecule has 1 atom stereocenters. The van der Waals surface area contributed by atoms with Crippen molar-refractivity contribution >= 4 is 5.78 Å². The van der Waals surface area contributed by atoms with Gasteiger partial charge in [-0.2, -0.15) is 5.26 Å². The first kappa shape index (κ1) is 12.8. The topological polar surface area (TPSA) is 53.8 Å². The molecule has 0 saturated carbocycles. The number of nitrogens with zero attached hydrogens (tertiary/aromatic N) is 2. The van der Waals surface area contributed by atoms with Crippen molar-refractivity contribution in [2.75, 3.05) is 0 Å². The Morgan fingerprint density at radius 1 is 1.21 bits per heavy atom. The lowest BCUT2D eigenvalue weighted by atomic mass is 9.92. The fourth-order valence-corrected chi connectivity index (χ4v) is 1.69. The molecule has 94 valence electrons. The van der Waals surface area contributed by atoms with Crippen LogP contribution in [0.2, 0.25) is 0 Å². The Labute approximate surface area is 108 Å². The second-order valence-corrected chi connectivity index (χ2v) is 3.83. The Kier molecular flexibility index (Phi) is 3.62. The van der Waals surface area contributed by atoms with Gasteiger partial charge in [0, 0.05) is 29.6 Å². The van der Waals surface area contributed by atoms with E-state index in [1.807, 2.05) is 0 Å². The molecule has 0 N–H and O–H groups in total. The van der Waals surface area contributed by atoms with Gasteiger partial charge in [-0.3, -0.25) is 9.78 Å². The van der Waals surface area contributed by atoms with Crippen LogP contribution in [0, 0.1) is 23.0 Å². The Hall–Kier alpha value is -2.61. The number of hydrogen-bond acceptors (Lipinski definition) is 3. The third-order valence-electron chi connectivity index (χ3n) is 2.63. The predicted octanol–water partition coefficient (Wildman–Crippen LogP) is 2.85. The smallest absolute Gasteiger partial charge is 0.184 e. The zero-order valence-electron chi connectivity index (χ0n) is 9.68. The molecule has 0 aliphatic rings. The largest absolute Gasteiger partial charge is 0.292 e. The summed E-state index contributed by atoms with van der Waals surface area (Å²) in [6.45, 7) is 0. The summed E-state index contributed by atoms with van der Waals surface area (Å²) in [6.07, 6.45) is 2.81. The lowest BCUT2D eigenvalue weighted by Crippen LogP contribution is -2.13. The van der Waals surface area contributed by atoms with Crippen LogP contribution in [0.15, 0.2) is 42.7 Å². The second-order valence-electron chi connectivity index (χ2n) is 3.83. The van der Waals surface area contributed by atoms with Gasteiger partial charge in [-0.05, 0) is 18.2 Å². The maximum atomic E-state index is 13.6. The molecule has 5 heteroatoms. The molecular weight excluding hydrogens is 250 g/mol. The highest BCUT2D eigenvalue weighted by Crippen LogP contribution is 2.23. The van der Waals surface area contributed by atoms with E-state index in [9.17, 15) is 13.6 Å². The summed E-state index contributed by atoms with van der Waals surface area (Å²) in [7, 11) is 0. The molecule has 0 saturated heterocycles. The molecule has 1 aromatic heterocycles. The molecule has 0 aliphatic carbocycles. The van der Waals surface area contributed by atoms with Crippen LogP contribution in [0.3, 0.4) is 0 Å². The van der Waals surface area contributed by atoms with Gasteiger partial charge in [-0.15, -0.1) is 0 Å². The number of Topliss-reactive ketones (excluding diaryl/α,β-unsaturated/α-hetero) is 1. The van der Waals surface area contributed by atoms with Gasteiger partial charge >= 0.3 is 0 Å². The lowest BCUT2D eigenvalue weighted by Gasteiger charge is -2.09. The summed E-state index contributed by atoms with van der Waals surface area (Å²) in [5.74, 6) is -3.51. The van der Waals surface area contributed by atoms with E-state index in [4.69, 9.17) is 5.26 Å². The standard InChI is InChI=1S/C14H8F2N2O/c15-10-1-2-11(13(16)7-10)12(8-17)14(19)9-3-5-18-6-4-9/h1-7,12H. The molecule has 1 aromatic carbocycles. The molecule has 1 unspecified atom stereocenters. The number of aromatic nitrogens is 1. The van der Waals surface area contributed by atoms with E-state index in [2.05, 4.69) is 4.98 Å². The number of rotatable bonds is 3. The monoisotopic (exact) mass is 258 g/mol. The van der Waals surface area contributed by atoms with Gasteiger partial charge in [0.25, 0.3) is 0 Å². The first-order chi connectivity index (χ1) is 9.13. The molecule has 0 spiro atoms. The number of nitriles is 1. The van der Waals surface area contributed by atoms with Crippen molar-refractivity contribution in [2.24, 2.45) is 0 Å². The normalized spacial score (nSPS) is 11.6. The maximum Gasteiger partial charge on any atom is 0.184 e. The molecule has 1 heterocycles. The fraction of sp³-hybridized carbons (Fsp3) is 0.0714. The van der Waals surface area contributed by atoms with Crippen LogP contribution in [0.4, 0.5) is 8.78 Å². The van der Waals surface area contributed by atoms with Crippen molar-refractivity contribution in [1.82, 2.24) is 4.98 Å². The Morgan fingerprint density at radius 2 is 1.89 bits per heavy atom. The first-order valence-electron chi connectivity index (χ1n) is 5.42. The SMILES string of the molecule is N#CC(C(=O)c1ccncc1)c1ccc(F)cc1F. The number of pyridine rings is 1. The van der Waals surface area contributed by atoms with Crippen molar-refractivity contribution in [1.29, 1.82) is 5.26 Å². The van der Waals surface area contributed by atoms with Gasteiger partial charge in [0.2, 0.25) is 0 Å². The van der Waals surface area contributed by atoms with E-state index in [-0.39, 0.29) is 11.1 Å². The number of benzene rings is 1. The number of hydrogen-bond donors (Lipinski definition) is 0. The van der Waals surface area contributed by atoms with E-state index in [1.54, 1.807) is 6.07 Å². The maximum absolute atomic E-state index is 13.6. The van der Waals surface area contributed by atoms with Gasteiger partial charge in [-0.25, -0.2) is 8.78 Å². The minimum Gasteiger partial charge on any atom is -0.292 e. The third kappa shape index (κ3) is 2.63. The van der Waals surface area contributed by atoms with Crippen LogP contribution in [-0.2, 0) is 0 Å². The number of ketones is 1. The Bertz CT molecular complexity index is 650. The van der Waals surface area contributed by atoms with Crippen LogP contribution in [0.5, 0.6) is 0 Å². The lowest BCUT2D eigenvalue weighted by molar-refractivity contribution is 0.0977. The Balaban J connectivity index is 2.41. The summed E-state index contributed by atoms with van der Waals surface area (Å²) >= 11 is 0. The summed E-state index contributed by atoms with van der Waals surface area (Å²) in [6, 6.07) is 7.40. The summed E-state index contributed by atoms with van der Waals surface area (Å²) in [5, 5.41) is 9.06. The van der Waals surface area contributed by atoms with Gasteiger partial charge in [0.15, 0.2) is 5.78 Å². The second kappa shape index (κ2) is 5.36. The molecule has 0 bridgehead atoms. The van der Waals surface area contributed by atoms with Crippen LogP contribution in [0.1, 0.15) is 21.8 Å². The third-order valence-corrected chi connectivity index (χ3v) is 2.63. The predicted molar refractivity (Wildman–Crippen MR) is 63.3 cm³/mol. The molecule has 0 fully saturated rings. The molecule has 0 radical (unpaired) electrons. The quantitative estimate of drug-likeness (QED) is 0.795. The minimum absolute atomic E-state index is 0.134. The average molecular weight is 258 g/mol. The summed E-state index contributed by atoms with van der Waals surface area (Å²) in [4.78, 5) is 15.9. The van der Waals surface area contributed by atoms with E-state index in [0.29, 0.717) is 6.07 Å². The van der Waals surface area contributed by atoms with Crippen molar-refractivity contribution in [3.63, 3.8) is 0 Å². The van der Waals surface area contributed by atoms with E-state index in [0.717, 1.165) is 12.1 Å². The van der Waals surface area contributed by atoms with Crippen LogP contribution in [-0.4, -0.2) is 10.8 Å². The minimum atomic E-state index is -1.30. The van der Waals surface area contributed by atoms with Crippen LogP contribution in [0.25, 0.3) is 0 Å². The molecule has 0 aliphatic heterocycles. The van der Waals surface area contributed by atoms with Crippen molar-refractivity contribution in [3.05, 3.63) is 65.5 Å². The van der Waals surface area contributed by atoms with E-state index in [1.165, 1.54) is 24.5 Å². The first-order valence-corrected chi connectivity index (χ1v) is 5.42. The van der Waals surface area contributed by atoms with Crippen LogP contribution < -0.4 is 0 Å². The summed E-state index contributed by atoms with van der Waals surface area (Å²) in [5.41, 5.74) is 0.121. The van der Waals surface area contributed by atoms with Gasteiger partial charge in [0.05, 0.1) is 6.07 Å². The molecular formula is C14H8F2N2O. The van der Waals surface area contributed by atoms with Crippen LogP contribution >= 0.6 is 0 Å². The van der Waals surface area contributed by atoms with Gasteiger partial charge in [-0.1, -0.05) is 6.07 Å². The molecule has 19 heavy (non-hydrogen) atoms. The highest BCUT2D eigenvalue weighted by molar-refractivity contribution is 6.02. The number of carbonyl (C=O) groups excluding carboxylic acids is 1. The number of carbonyl (C=O) groups is 1. The zero-order valence-corrected chi connectivity index (χ0v) is 9.68. The van der Waals surface area contributed by atoms with Crippen molar-refractivity contribution in [2.45, 2.75) is 5.92 Å². The fourth-order valence-electron chi connectivity index (χ4n) is 1.69. The van der Waals surface area contributed by atoms with E-state index < -0.39 is 23.3 Å². The number of halogens is 2. The highest BCUT2D eigenvalue weighted by atomic mass is 19.1. The Morgan fingerprint density at radius 3 is 2.47 bits per heavy atom. The summed E-state index contributed by atoms with van der Waals surface area (Å²) < 4.78 is 26.4. The molecule has 2 rings (SSSR count). The van der Waals surface area contributed by atoms with Crippen molar-refractivity contribution in [3.8, 4) is 6.07 Å². The van der Waals surface area contributed by atoms with Crippen molar-refractivity contribution < 1.29 is 13.6 Å². The molecule has 2 aromatic rings. The zero-order chi connectivity index (χ0) is 13.8. The van der Waals surface area contributed by atoms with Gasteiger partial charge < -0.3 is 0 Å². The van der Waals surface area contributed by atoms with Gasteiger partial charge in [0.1, 0.15) is 17.6 Å². The molecule has 0 amide bonds. The van der Waals surface area contributed by atoms with E-state index >= 15 is 0 Å².